The van der Waals surface area contributed by atoms with E-state index in [1.165, 1.54) is 48.5 Å². The van der Waals surface area contributed by atoms with Crippen LogP contribution in [0.25, 0.3) is 0 Å². The molecule has 0 spiro atoms. The number of anilines is 2. The molecular formula is C19H14ClFN2O4. The van der Waals surface area contributed by atoms with Gasteiger partial charge in [0.15, 0.2) is 0 Å². The van der Waals surface area contributed by atoms with Crippen molar-refractivity contribution in [3.63, 3.8) is 0 Å². The number of amides is 2. The summed E-state index contributed by atoms with van der Waals surface area (Å²) in [5.41, 5.74) is 0.651. The molecule has 138 valence electrons. The standard InChI is InChI=1S/C19H14ClFN2O4/c1-2-27-19(26)11-4-3-5-14(10-11)23-17(24)15(20)16(18(23)25)22-13-8-6-12(21)7-9-13/h3-10,22H,2H2,1H3. The van der Waals surface area contributed by atoms with Crippen LogP contribution in [0.5, 0.6) is 0 Å². The average molecular weight is 389 g/mol. The number of nitrogens with one attached hydrogen (secondary N) is 1. The maximum Gasteiger partial charge on any atom is 0.338 e. The average Bonchev–Trinajstić information content (AvgIpc) is 2.87. The summed E-state index contributed by atoms with van der Waals surface area (Å²) < 4.78 is 17.9. The number of esters is 1. The number of hydrogen-bond donors (Lipinski definition) is 1. The molecular weight excluding hydrogens is 375 g/mol. The molecule has 2 aromatic carbocycles. The van der Waals surface area contributed by atoms with Crippen molar-refractivity contribution in [1.82, 2.24) is 0 Å². The van der Waals surface area contributed by atoms with E-state index >= 15 is 0 Å². The Balaban J connectivity index is 1.88. The van der Waals surface area contributed by atoms with E-state index in [-0.39, 0.29) is 28.6 Å². The normalized spacial score (nSPS) is 14.0. The van der Waals surface area contributed by atoms with E-state index in [4.69, 9.17) is 16.3 Å². The third-order valence-corrected chi connectivity index (χ3v) is 4.11. The summed E-state index contributed by atoms with van der Waals surface area (Å²) >= 11 is 6.04. The molecule has 0 atom stereocenters. The number of imide groups is 1. The summed E-state index contributed by atoms with van der Waals surface area (Å²) in [4.78, 5) is 37.9. The molecule has 0 aliphatic carbocycles. The van der Waals surface area contributed by atoms with Gasteiger partial charge in [-0.2, -0.15) is 0 Å². The van der Waals surface area contributed by atoms with E-state index in [1.807, 2.05) is 0 Å². The molecule has 1 aliphatic rings. The van der Waals surface area contributed by atoms with Crippen LogP contribution in [-0.4, -0.2) is 24.4 Å². The van der Waals surface area contributed by atoms with Crippen molar-refractivity contribution in [2.45, 2.75) is 6.92 Å². The Bertz CT molecular complexity index is 956. The first kappa shape index (κ1) is 18.6. The fourth-order valence-corrected chi connectivity index (χ4v) is 2.72. The van der Waals surface area contributed by atoms with Crippen molar-refractivity contribution in [1.29, 1.82) is 0 Å². The Hall–Kier alpha value is -3.19. The second kappa shape index (κ2) is 7.59. The molecule has 27 heavy (non-hydrogen) atoms. The first-order valence-corrected chi connectivity index (χ1v) is 8.38. The number of benzene rings is 2. The lowest BCUT2D eigenvalue weighted by Gasteiger charge is -2.16. The van der Waals surface area contributed by atoms with Gasteiger partial charge in [-0.3, -0.25) is 9.59 Å². The third kappa shape index (κ3) is 3.68. The monoisotopic (exact) mass is 388 g/mol. The Labute approximate surface area is 159 Å². The topological polar surface area (TPSA) is 75.7 Å². The minimum absolute atomic E-state index is 0.130. The van der Waals surface area contributed by atoms with Gasteiger partial charge in [-0.25, -0.2) is 14.1 Å². The maximum atomic E-state index is 13.0. The molecule has 2 aromatic rings. The molecule has 0 radical (unpaired) electrons. The Morgan fingerprint density at radius 3 is 2.52 bits per heavy atom. The summed E-state index contributed by atoms with van der Waals surface area (Å²) in [5.74, 6) is -2.42. The molecule has 2 amide bonds. The lowest BCUT2D eigenvalue weighted by molar-refractivity contribution is -0.120. The van der Waals surface area contributed by atoms with Gasteiger partial charge in [-0.1, -0.05) is 17.7 Å². The SMILES string of the molecule is CCOC(=O)c1cccc(N2C(=O)C(Cl)=C(Nc3ccc(F)cc3)C2=O)c1. The van der Waals surface area contributed by atoms with Crippen LogP contribution in [0.4, 0.5) is 15.8 Å². The van der Waals surface area contributed by atoms with Gasteiger partial charge in [0, 0.05) is 5.69 Å². The number of nitrogens with zero attached hydrogens (tertiary/aromatic N) is 1. The zero-order valence-electron chi connectivity index (χ0n) is 14.2. The van der Waals surface area contributed by atoms with E-state index in [9.17, 15) is 18.8 Å². The second-order valence-corrected chi connectivity index (χ2v) is 5.92. The van der Waals surface area contributed by atoms with Crippen molar-refractivity contribution >= 4 is 40.8 Å². The van der Waals surface area contributed by atoms with Gasteiger partial charge in [-0.05, 0) is 49.4 Å². The molecule has 1 aliphatic heterocycles. The van der Waals surface area contributed by atoms with Gasteiger partial charge in [0.2, 0.25) is 0 Å². The van der Waals surface area contributed by atoms with E-state index in [0.717, 1.165) is 4.90 Å². The van der Waals surface area contributed by atoms with Crippen LogP contribution in [0.2, 0.25) is 0 Å². The van der Waals surface area contributed by atoms with Crippen LogP contribution in [0, 0.1) is 5.82 Å². The molecule has 0 fully saturated rings. The lowest BCUT2D eigenvalue weighted by Crippen LogP contribution is -2.32. The summed E-state index contributed by atoms with van der Waals surface area (Å²) in [6.45, 7) is 1.87. The first-order chi connectivity index (χ1) is 12.9. The summed E-state index contributed by atoms with van der Waals surface area (Å²) in [5, 5.41) is 2.43. The molecule has 8 heteroatoms. The highest BCUT2D eigenvalue weighted by Gasteiger charge is 2.39. The van der Waals surface area contributed by atoms with Gasteiger partial charge >= 0.3 is 5.97 Å². The van der Waals surface area contributed by atoms with E-state index < -0.39 is 23.6 Å². The summed E-state index contributed by atoms with van der Waals surface area (Å²) in [6.07, 6.45) is 0. The van der Waals surface area contributed by atoms with Gasteiger partial charge in [0.05, 0.1) is 17.9 Å². The minimum Gasteiger partial charge on any atom is -0.462 e. The van der Waals surface area contributed by atoms with E-state index in [1.54, 1.807) is 6.92 Å². The van der Waals surface area contributed by atoms with Gasteiger partial charge in [0.25, 0.3) is 11.8 Å². The van der Waals surface area contributed by atoms with Crippen LogP contribution in [0.15, 0.2) is 59.3 Å². The Morgan fingerprint density at radius 2 is 1.85 bits per heavy atom. The molecule has 0 unspecified atom stereocenters. The van der Waals surface area contributed by atoms with Crippen LogP contribution < -0.4 is 10.2 Å². The second-order valence-electron chi connectivity index (χ2n) is 5.54. The van der Waals surface area contributed by atoms with Crippen LogP contribution in [0.3, 0.4) is 0 Å². The summed E-state index contributed by atoms with van der Waals surface area (Å²) in [7, 11) is 0. The number of carbonyl (C=O) groups excluding carboxylic acids is 3. The zero-order chi connectivity index (χ0) is 19.6. The van der Waals surface area contributed by atoms with Crippen LogP contribution in [0.1, 0.15) is 17.3 Å². The highest BCUT2D eigenvalue weighted by atomic mass is 35.5. The Morgan fingerprint density at radius 1 is 1.15 bits per heavy atom. The molecule has 1 heterocycles. The predicted molar refractivity (Wildman–Crippen MR) is 97.8 cm³/mol. The first-order valence-electron chi connectivity index (χ1n) is 8.00. The van der Waals surface area contributed by atoms with Crippen molar-refractivity contribution in [3.8, 4) is 0 Å². The molecule has 0 aromatic heterocycles. The summed E-state index contributed by atoms with van der Waals surface area (Å²) in [6, 6.07) is 11.2. The highest BCUT2D eigenvalue weighted by Crippen LogP contribution is 2.30. The smallest absolute Gasteiger partial charge is 0.338 e. The number of rotatable bonds is 5. The molecule has 6 nitrogen and oxygen atoms in total. The number of ether oxygens (including phenoxy) is 1. The zero-order valence-corrected chi connectivity index (χ0v) is 14.9. The van der Waals surface area contributed by atoms with Crippen molar-refractivity contribution in [3.05, 3.63) is 70.6 Å². The van der Waals surface area contributed by atoms with Crippen molar-refractivity contribution in [2.24, 2.45) is 0 Å². The number of carbonyl (C=O) groups is 3. The van der Waals surface area contributed by atoms with Crippen molar-refractivity contribution in [2.75, 3.05) is 16.8 Å². The Kier molecular flexibility index (Phi) is 5.23. The number of halogens is 2. The molecule has 0 bridgehead atoms. The molecule has 3 rings (SSSR count). The lowest BCUT2D eigenvalue weighted by atomic mass is 10.2. The van der Waals surface area contributed by atoms with Gasteiger partial charge in [0.1, 0.15) is 16.5 Å². The van der Waals surface area contributed by atoms with Crippen molar-refractivity contribution < 1.29 is 23.5 Å². The largest absolute Gasteiger partial charge is 0.462 e. The third-order valence-electron chi connectivity index (χ3n) is 3.76. The maximum absolute atomic E-state index is 13.0. The van der Waals surface area contributed by atoms with Crippen LogP contribution in [-0.2, 0) is 14.3 Å². The molecule has 1 N–H and O–H groups in total. The number of hydrogen-bond acceptors (Lipinski definition) is 5. The van der Waals surface area contributed by atoms with E-state index in [2.05, 4.69) is 5.32 Å². The molecule has 0 saturated carbocycles. The quantitative estimate of drug-likeness (QED) is 0.627. The van der Waals surface area contributed by atoms with Gasteiger partial charge < -0.3 is 10.1 Å². The van der Waals surface area contributed by atoms with Crippen LogP contribution >= 0.6 is 11.6 Å². The van der Waals surface area contributed by atoms with E-state index in [0.29, 0.717) is 5.69 Å². The van der Waals surface area contributed by atoms with Gasteiger partial charge in [-0.15, -0.1) is 0 Å². The molecule has 0 saturated heterocycles. The highest BCUT2D eigenvalue weighted by molar-refractivity contribution is 6.53. The minimum atomic E-state index is -0.729. The fraction of sp³-hybridized carbons (Fsp3) is 0.105. The fourth-order valence-electron chi connectivity index (χ4n) is 2.51. The predicted octanol–water partition coefficient (Wildman–Crippen LogP) is 3.44.